The van der Waals surface area contributed by atoms with Crippen LogP contribution in [0.5, 0.6) is 0 Å². The van der Waals surface area contributed by atoms with E-state index in [0.717, 1.165) is 6.42 Å². The fourth-order valence-corrected chi connectivity index (χ4v) is 1.54. The number of benzene rings is 1. The fourth-order valence-electron chi connectivity index (χ4n) is 1.54. The average Bonchev–Trinajstić information content (AvgIpc) is 2.35. The zero-order valence-corrected chi connectivity index (χ0v) is 10.7. The molecule has 0 saturated heterocycles. The van der Waals surface area contributed by atoms with Gasteiger partial charge in [0.25, 0.3) is 5.91 Å². The van der Waals surface area contributed by atoms with Gasteiger partial charge >= 0.3 is 0 Å². The van der Waals surface area contributed by atoms with Crippen LogP contribution in [0.4, 0.5) is 5.69 Å². The van der Waals surface area contributed by atoms with Gasteiger partial charge in [0.1, 0.15) is 0 Å². The molecule has 4 N–H and O–H groups in total. The molecule has 1 aromatic carbocycles. The Morgan fingerprint density at radius 2 is 2.11 bits per heavy atom. The molecule has 1 rings (SSSR count). The van der Waals surface area contributed by atoms with Gasteiger partial charge in [0, 0.05) is 30.8 Å². The largest absolute Gasteiger partial charge is 0.348 e. The molecule has 2 amide bonds. The maximum atomic E-state index is 11.9. The number of nitrogens with one attached hydrogen (secondary N) is 2. The third-order valence-electron chi connectivity index (χ3n) is 2.56. The predicted octanol–water partition coefficient (Wildman–Crippen LogP) is 1.11. The van der Waals surface area contributed by atoms with Crippen LogP contribution >= 0.6 is 0 Å². The number of hydrogen-bond donors (Lipinski definition) is 3. The SMILES string of the molecule is CCC(CN)NC(=O)c1cccc(NC(C)=O)c1. The van der Waals surface area contributed by atoms with Gasteiger partial charge in [-0.2, -0.15) is 0 Å². The number of amides is 2. The Morgan fingerprint density at radius 1 is 1.39 bits per heavy atom. The van der Waals surface area contributed by atoms with E-state index < -0.39 is 0 Å². The first kappa shape index (κ1) is 14.2. The average molecular weight is 249 g/mol. The number of anilines is 1. The van der Waals surface area contributed by atoms with E-state index in [-0.39, 0.29) is 17.9 Å². The minimum absolute atomic E-state index is 0.0260. The van der Waals surface area contributed by atoms with Gasteiger partial charge in [-0.25, -0.2) is 0 Å². The van der Waals surface area contributed by atoms with Crippen molar-refractivity contribution in [2.75, 3.05) is 11.9 Å². The minimum Gasteiger partial charge on any atom is -0.348 e. The van der Waals surface area contributed by atoms with Gasteiger partial charge in [-0.3, -0.25) is 9.59 Å². The Hall–Kier alpha value is -1.88. The molecule has 1 atom stereocenters. The molecule has 98 valence electrons. The Labute approximate surface area is 107 Å². The number of hydrogen-bond acceptors (Lipinski definition) is 3. The quantitative estimate of drug-likeness (QED) is 0.731. The normalized spacial score (nSPS) is 11.7. The smallest absolute Gasteiger partial charge is 0.251 e. The van der Waals surface area contributed by atoms with Crippen molar-refractivity contribution < 1.29 is 9.59 Å². The van der Waals surface area contributed by atoms with Gasteiger partial charge in [-0.05, 0) is 24.6 Å². The number of carbonyl (C=O) groups is 2. The summed E-state index contributed by atoms with van der Waals surface area (Å²) in [4.78, 5) is 22.9. The first-order valence-electron chi connectivity index (χ1n) is 5.95. The summed E-state index contributed by atoms with van der Waals surface area (Å²) < 4.78 is 0. The monoisotopic (exact) mass is 249 g/mol. The van der Waals surface area contributed by atoms with Gasteiger partial charge in [0.2, 0.25) is 5.91 Å². The molecule has 0 heterocycles. The number of rotatable bonds is 5. The highest BCUT2D eigenvalue weighted by molar-refractivity contribution is 5.96. The second-order valence-corrected chi connectivity index (χ2v) is 4.08. The van der Waals surface area contributed by atoms with Crippen molar-refractivity contribution in [3.05, 3.63) is 29.8 Å². The molecular formula is C13H19N3O2. The Morgan fingerprint density at radius 3 is 2.67 bits per heavy atom. The molecule has 0 fully saturated rings. The molecule has 0 bridgehead atoms. The standard InChI is InChI=1S/C13H19N3O2/c1-3-11(8-14)16-13(18)10-5-4-6-12(7-10)15-9(2)17/h4-7,11H,3,8,14H2,1-2H3,(H,15,17)(H,16,18). The van der Waals surface area contributed by atoms with Crippen molar-refractivity contribution >= 4 is 17.5 Å². The summed E-state index contributed by atoms with van der Waals surface area (Å²) in [5.74, 6) is -0.347. The van der Waals surface area contributed by atoms with Gasteiger partial charge in [-0.15, -0.1) is 0 Å². The molecule has 0 saturated carbocycles. The van der Waals surface area contributed by atoms with E-state index in [1.807, 2.05) is 6.92 Å². The summed E-state index contributed by atoms with van der Waals surface area (Å²) >= 11 is 0. The highest BCUT2D eigenvalue weighted by atomic mass is 16.2. The summed E-state index contributed by atoms with van der Waals surface area (Å²) in [6.45, 7) is 3.80. The van der Waals surface area contributed by atoms with Crippen molar-refractivity contribution in [3.63, 3.8) is 0 Å². The Balaban J connectivity index is 2.76. The van der Waals surface area contributed by atoms with Gasteiger partial charge in [0.15, 0.2) is 0 Å². The second kappa shape index (κ2) is 6.76. The summed E-state index contributed by atoms with van der Waals surface area (Å²) in [5.41, 5.74) is 6.65. The maximum absolute atomic E-state index is 11.9. The molecule has 18 heavy (non-hydrogen) atoms. The minimum atomic E-state index is -0.181. The van der Waals surface area contributed by atoms with E-state index in [1.165, 1.54) is 6.92 Å². The summed E-state index contributed by atoms with van der Waals surface area (Å²) in [6, 6.07) is 6.77. The first-order valence-corrected chi connectivity index (χ1v) is 5.95. The Bertz CT molecular complexity index is 428. The molecule has 0 spiro atoms. The van der Waals surface area contributed by atoms with E-state index in [1.54, 1.807) is 24.3 Å². The van der Waals surface area contributed by atoms with Crippen molar-refractivity contribution in [1.82, 2.24) is 5.32 Å². The van der Waals surface area contributed by atoms with Crippen LogP contribution < -0.4 is 16.4 Å². The van der Waals surface area contributed by atoms with E-state index in [0.29, 0.717) is 17.8 Å². The van der Waals surface area contributed by atoms with Crippen LogP contribution in [0.15, 0.2) is 24.3 Å². The van der Waals surface area contributed by atoms with Crippen molar-refractivity contribution in [2.45, 2.75) is 26.3 Å². The van der Waals surface area contributed by atoms with Crippen molar-refractivity contribution in [1.29, 1.82) is 0 Å². The third-order valence-corrected chi connectivity index (χ3v) is 2.56. The van der Waals surface area contributed by atoms with E-state index >= 15 is 0 Å². The Kier molecular flexibility index (Phi) is 5.32. The second-order valence-electron chi connectivity index (χ2n) is 4.08. The van der Waals surface area contributed by atoms with Crippen LogP contribution in [0, 0.1) is 0 Å². The summed E-state index contributed by atoms with van der Waals surface area (Å²) in [5, 5.41) is 5.47. The van der Waals surface area contributed by atoms with Crippen molar-refractivity contribution in [2.24, 2.45) is 5.73 Å². The zero-order chi connectivity index (χ0) is 13.5. The molecule has 5 heteroatoms. The topological polar surface area (TPSA) is 84.2 Å². The highest BCUT2D eigenvalue weighted by Crippen LogP contribution is 2.10. The maximum Gasteiger partial charge on any atom is 0.251 e. The molecule has 0 aliphatic carbocycles. The van der Waals surface area contributed by atoms with Crippen LogP contribution in [0.1, 0.15) is 30.6 Å². The molecule has 0 aliphatic heterocycles. The van der Waals surface area contributed by atoms with Crippen LogP contribution in [-0.2, 0) is 4.79 Å². The van der Waals surface area contributed by atoms with E-state index in [4.69, 9.17) is 5.73 Å². The summed E-state index contributed by atoms with van der Waals surface area (Å²) in [6.07, 6.45) is 0.785. The lowest BCUT2D eigenvalue weighted by Crippen LogP contribution is -2.39. The fraction of sp³-hybridized carbons (Fsp3) is 0.385. The third kappa shape index (κ3) is 4.18. The van der Waals surface area contributed by atoms with Crippen LogP contribution in [-0.4, -0.2) is 24.4 Å². The molecule has 5 nitrogen and oxygen atoms in total. The number of nitrogens with two attached hydrogens (primary N) is 1. The highest BCUT2D eigenvalue weighted by Gasteiger charge is 2.11. The van der Waals surface area contributed by atoms with Gasteiger partial charge in [0.05, 0.1) is 0 Å². The van der Waals surface area contributed by atoms with Crippen molar-refractivity contribution in [3.8, 4) is 0 Å². The van der Waals surface area contributed by atoms with E-state index in [9.17, 15) is 9.59 Å². The molecule has 1 aromatic rings. The van der Waals surface area contributed by atoms with Crippen LogP contribution in [0.3, 0.4) is 0 Å². The molecule has 0 aromatic heterocycles. The summed E-state index contributed by atoms with van der Waals surface area (Å²) in [7, 11) is 0. The lowest BCUT2D eigenvalue weighted by atomic mass is 10.1. The number of carbonyl (C=O) groups excluding carboxylic acids is 2. The van der Waals surface area contributed by atoms with Gasteiger partial charge < -0.3 is 16.4 Å². The lowest BCUT2D eigenvalue weighted by Gasteiger charge is -2.14. The first-order chi connectivity index (χ1) is 8.56. The van der Waals surface area contributed by atoms with Crippen LogP contribution in [0.25, 0.3) is 0 Å². The zero-order valence-electron chi connectivity index (χ0n) is 10.7. The molecule has 0 aliphatic rings. The van der Waals surface area contributed by atoms with Gasteiger partial charge in [-0.1, -0.05) is 13.0 Å². The van der Waals surface area contributed by atoms with Crippen LogP contribution in [0.2, 0.25) is 0 Å². The molecular weight excluding hydrogens is 230 g/mol. The van der Waals surface area contributed by atoms with E-state index in [2.05, 4.69) is 10.6 Å². The molecule has 1 unspecified atom stereocenters. The lowest BCUT2D eigenvalue weighted by molar-refractivity contribution is -0.114. The molecule has 0 radical (unpaired) electrons. The predicted molar refractivity (Wildman–Crippen MR) is 71.3 cm³/mol.